The van der Waals surface area contributed by atoms with Gasteiger partial charge in [-0.3, -0.25) is 19.5 Å². The van der Waals surface area contributed by atoms with Gasteiger partial charge in [0.25, 0.3) is 0 Å². The molecule has 0 radical (unpaired) electrons. The Labute approximate surface area is 203 Å². The second kappa shape index (κ2) is 11.1. The van der Waals surface area contributed by atoms with Crippen LogP contribution in [0.5, 0.6) is 0 Å². The molecule has 2 heterocycles. The van der Waals surface area contributed by atoms with E-state index >= 15 is 0 Å². The molecule has 3 fully saturated rings. The van der Waals surface area contributed by atoms with Crippen LogP contribution in [0.4, 0.5) is 0 Å². The number of fused-ring (bicyclic) bond motifs is 5. The van der Waals surface area contributed by atoms with Crippen molar-refractivity contribution in [3.05, 3.63) is 12.2 Å². The third kappa shape index (κ3) is 5.43. The Morgan fingerprint density at radius 2 is 1.61 bits per heavy atom. The van der Waals surface area contributed by atoms with Crippen molar-refractivity contribution in [3.8, 4) is 0 Å². The molecule has 0 spiro atoms. The SMILES string of the molecule is CN=C(NCCCCN1CCC(C)CC1)NCCN1C(=O)C2C3C=CC(C3)C2C1=O.I. The maximum absolute atomic E-state index is 12.7. The second-order valence-corrected chi connectivity index (χ2v) is 9.49. The van der Waals surface area contributed by atoms with Crippen LogP contribution >= 0.6 is 24.0 Å². The van der Waals surface area contributed by atoms with E-state index in [2.05, 4.69) is 39.6 Å². The molecule has 4 unspecified atom stereocenters. The Morgan fingerprint density at radius 3 is 2.23 bits per heavy atom. The number of halogens is 1. The Balaban J connectivity index is 0.00000272. The van der Waals surface area contributed by atoms with E-state index in [4.69, 9.17) is 0 Å². The van der Waals surface area contributed by atoms with E-state index in [1.54, 1.807) is 7.05 Å². The lowest BCUT2D eigenvalue weighted by atomic mass is 9.85. The van der Waals surface area contributed by atoms with Crippen molar-refractivity contribution < 1.29 is 9.59 Å². The van der Waals surface area contributed by atoms with E-state index in [-0.39, 0.29) is 59.5 Å². The lowest BCUT2D eigenvalue weighted by Gasteiger charge is -2.30. The number of piperidine rings is 1. The first-order valence-corrected chi connectivity index (χ1v) is 11.8. The summed E-state index contributed by atoms with van der Waals surface area (Å²) in [5, 5.41) is 6.60. The van der Waals surface area contributed by atoms with Gasteiger partial charge in [0.05, 0.1) is 11.8 Å². The lowest BCUT2D eigenvalue weighted by molar-refractivity contribution is -0.140. The number of hydrogen-bond donors (Lipinski definition) is 2. The first-order chi connectivity index (χ1) is 14.6. The number of allylic oxidation sites excluding steroid dienone is 2. The summed E-state index contributed by atoms with van der Waals surface area (Å²) in [7, 11) is 1.75. The Morgan fingerprint density at radius 1 is 1.00 bits per heavy atom. The highest BCUT2D eigenvalue weighted by atomic mass is 127. The molecule has 4 aliphatic rings. The predicted molar refractivity (Wildman–Crippen MR) is 133 cm³/mol. The Bertz CT molecular complexity index is 674. The van der Waals surface area contributed by atoms with E-state index in [1.165, 1.54) is 43.8 Å². The maximum Gasteiger partial charge on any atom is 0.233 e. The molecule has 4 rings (SSSR count). The van der Waals surface area contributed by atoms with Crippen LogP contribution in [-0.4, -0.2) is 73.9 Å². The number of carbonyl (C=O) groups excluding carboxylic acids is 2. The molecule has 2 amide bonds. The molecule has 0 aromatic carbocycles. The predicted octanol–water partition coefficient (Wildman–Crippen LogP) is 2.09. The first kappa shape index (κ1) is 24.5. The number of amides is 2. The van der Waals surface area contributed by atoms with Gasteiger partial charge < -0.3 is 15.5 Å². The van der Waals surface area contributed by atoms with Crippen LogP contribution in [0, 0.1) is 29.6 Å². The normalized spacial score (nSPS) is 30.6. The third-order valence-corrected chi connectivity index (χ3v) is 7.48. The minimum Gasteiger partial charge on any atom is -0.356 e. The molecular weight excluding hydrogens is 505 g/mol. The van der Waals surface area contributed by atoms with E-state index in [0.717, 1.165) is 31.3 Å². The summed E-state index contributed by atoms with van der Waals surface area (Å²) in [6.45, 7) is 7.84. The topological polar surface area (TPSA) is 77.0 Å². The molecule has 31 heavy (non-hydrogen) atoms. The molecule has 0 aromatic heterocycles. The Hall–Kier alpha value is -1.16. The van der Waals surface area contributed by atoms with Gasteiger partial charge in [-0.1, -0.05) is 19.1 Å². The zero-order valence-electron chi connectivity index (χ0n) is 18.9. The van der Waals surface area contributed by atoms with Crippen molar-refractivity contribution in [2.45, 2.75) is 39.0 Å². The van der Waals surface area contributed by atoms with Crippen molar-refractivity contribution in [2.75, 3.05) is 46.3 Å². The molecule has 2 bridgehead atoms. The summed E-state index contributed by atoms with van der Waals surface area (Å²) in [5.74, 6) is 2.02. The number of rotatable bonds is 8. The second-order valence-electron chi connectivity index (χ2n) is 9.49. The monoisotopic (exact) mass is 543 g/mol. The fourth-order valence-electron chi connectivity index (χ4n) is 5.64. The number of guanidine groups is 1. The number of nitrogens with one attached hydrogen (secondary N) is 2. The summed E-state index contributed by atoms with van der Waals surface area (Å²) in [4.78, 5) is 33.8. The summed E-state index contributed by atoms with van der Waals surface area (Å²) >= 11 is 0. The molecule has 2 saturated heterocycles. The minimum atomic E-state index is -0.104. The van der Waals surface area contributed by atoms with Gasteiger partial charge in [0.15, 0.2) is 5.96 Å². The number of imide groups is 1. The standard InChI is InChI=1S/C23H37N5O2.HI/c1-16-7-12-27(13-8-16)11-4-3-9-25-23(24-2)26-10-14-28-21(29)19-17-5-6-18(15-17)20(19)22(28)30;/h5-6,16-20H,3-4,7-15H2,1-2H3,(H2,24,25,26);1H. The Kier molecular flexibility index (Phi) is 8.78. The van der Waals surface area contributed by atoms with Crippen molar-refractivity contribution in [1.82, 2.24) is 20.4 Å². The number of aliphatic imine (C=N–C) groups is 1. The third-order valence-electron chi connectivity index (χ3n) is 7.48. The quantitative estimate of drug-likeness (QED) is 0.123. The summed E-state index contributed by atoms with van der Waals surface area (Å²) in [5.41, 5.74) is 0. The van der Waals surface area contributed by atoms with Crippen LogP contribution in [0.3, 0.4) is 0 Å². The van der Waals surface area contributed by atoms with Crippen LogP contribution in [0.1, 0.15) is 39.0 Å². The number of carbonyl (C=O) groups is 2. The van der Waals surface area contributed by atoms with Gasteiger partial charge in [0, 0.05) is 26.7 Å². The summed E-state index contributed by atoms with van der Waals surface area (Å²) < 4.78 is 0. The lowest BCUT2D eigenvalue weighted by Crippen LogP contribution is -2.44. The number of hydrogen-bond acceptors (Lipinski definition) is 4. The number of nitrogens with zero attached hydrogens (tertiary/aromatic N) is 3. The highest BCUT2D eigenvalue weighted by Crippen LogP contribution is 2.52. The first-order valence-electron chi connectivity index (χ1n) is 11.8. The maximum atomic E-state index is 12.7. The molecule has 4 atom stereocenters. The van der Waals surface area contributed by atoms with Crippen LogP contribution in [-0.2, 0) is 9.59 Å². The zero-order chi connectivity index (χ0) is 21.1. The fourth-order valence-corrected chi connectivity index (χ4v) is 5.64. The molecule has 2 aliphatic carbocycles. The highest BCUT2D eigenvalue weighted by Gasteiger charge is 2.58. The molecule has 174 valence electrons. The van der Waals surface area contributed by atoms with Gasteiger partial charge in [-0.05, 0) is 69.5 Å². The van der Waals surface area contributed by atoms with Crippen LogP contribution in [0.2, 0.25) is 0 Å². The molecular formula is C23H38IN5O2. The van der Waals surface area contributed by atoms with Gasteiger partial charge >= 0.3 is 0 Å². The van der Waals surface area contributed by atoms with Gasteiger partial charge in [-0.15, -0.1) is 24.0 Å². The molecule has 2 N–H and O–H groups in total. The molecule has 2 aliphatic heterocycles. The molecule has 7 nitrogen and oxygen atoms in total. The van der Waals surface area contributed by atoms with Gasteiger partial charge in [0.1, 0.15) is 0 Å². The minimum absolute atomic E-state index is 0. The largest absolute Gasteiger partial charge is 0.356 e. The molecule has 0 aromatic rings. The van der Waals surface area contributed by atoms with Crippen LogP contribution < -0.4 is 10.6 Å². The smallest absolute Gasteiger partial charge is 0.233 e. The van der Waals surface area contributed by atoms with E-state index in [9.17, 15) is 9.59 Å². The number of unbranched alkanes of at least 4 members (excludes halogenated alkanes) is 1. The van der Waals surface area contributed by atoms with Crippen molar-refractivity contribution in [3.63, 3.8) is 0 Å². The fraction of sp³-hybridized carbons (Fsp3) is 0.783. The van der Waals surface area contributed by atoms with Crippen molar-refractivity contribution in [1.29, 1.82) is 0 Å². The van der Waals surface area contributed by atoms with Crippen LogP contribution in [0.25, 0.3) is 0 Å². The van der Waals surface area contributed by atoms with E-state index < -0.39 is 0 Å². The van der Waals surface area contributed by atoms with E-state index in [0.29, 0.717) is 13.1 Å². The average Bonchev–Trinajstić information content (AvgIpc) is 3.43. The van der Waals surface area contributed by atoms with Gasteiger partial charge in [-0.2, -0.15) is 0 Å². The van der Waals surface area contributed by atoms with Crippen LogP contribution in [0.15, 0.2) is 17.1 Å². The van der Waals surface area contributed by atoms with Gasteiger partial charge in [0.2, 0.25) is 11.8 Å². The van der Waals surface area contributed by atoms with E-state index in [1.807, 2.05) is 0 Å². The van der Waals surface area contributed by atoms with Crippen molar-refractivity contribution in [2.24, 2.45) is 34.6 Å². The van der Waals surface area contributed by atoms with Gasteiger partial charge in [-0.25, -0.2) is 0 Å². The highest BCUT2D eigenvalue weighted by molar-refractivity contribution is 14.0. The molecule has 1 saturated carbocycles. The zero-order valence-corrected chi connectivity index (χ0v) is 21.2. The molecule has 8 heteroatoms. The summed E-state index contributed by atoms with van der Waals surface area (Å²) in [6.07, 6.45) is 10.2. The van der Waals surface area contributed by atoms with Crippen molar-refractivity contribution >= 4 is 41.8 Å². The average molecular weight is 543 g/mol. The number of likely N-dealkylation sites (tertiary alicyclic amines) is 2. The summed E-state index contributed by atoms with van der Waals surface area (Å²) in [6, 6.07) is 0.